The van der Waals surface area contributed by atoms with E-state index in [9.17, 15) is 8.42 Å². The van der Waals surface area contributed by atoms with Crippen molar-refractivity contribution < 1.29 is 13.2 Å². The SMILES string of the molecule is CCOc1cccc(CNCc2ccccc2CS(=O)(=O)NC(C)C)c1. The van der Waals surface area contributed by atoms with E-state index in [1.54, 1.807) is 0 Å². The van der Waals surface area contributed by atoms with E-state index in [1.165, 1.54) is 0 Å². The first-order valence-electron chi connectivity index (χ1n) is 8.89. The van der Waals surface area contributed by atoms with E-state index in [-0.39, 0.29) is 11.8 Å². The van der Waals surface area contributed by atoms with Crippen LogP contribution < -0.4 is 14.8 Å². The van der Waals surface area contributed by atoms with Crippen molar-refractivity contribution >= 4 is 10.0 Å². The molecule has 0 bridgehead atoms. The van der Waals surface area contributed by atoms with E-state index in [1.807, 2.05) is 69.3 Å². The minimum absolute atomic E-state index is 0.0111. The van der Waals surface area contributed by atoms with Crippen LogP contribution in [0.1, 0.15) is 37.5 Å². The summed E-state index contributed by atoms with van der Waals surface area (Å²) < 4.78 is 32.6. The summed E-state index contributed by atoms with van der Waals surface area (Å²) in [5.41, 5.74) is 2.93. The zero-order chi connectivity index (χ0) is 19.0. The van der Waals surface area contributed by atoms with E-state index in [0.717, 1.165) is 22.4 Å². The van der Waals surface area contributed by atoms with Gasteiger partial charge in [0.15, 0.2) is 0 Å². The van der Waals surface area contributed by atoms with Crippen LogP contribution in [0, 0.1) is 0 Å². The Morgan fingerprint density at radius 1 is 1.00 bits per heavy atom. The minimum Gasteiger partial charge on any atom is -0.494 e. The van der Waals surface area contributed by atoms with Crippen LogP contribution >= 0.6 is 0 Å². The standard InChI is InChI=1S/C20H28N2O3S/c1-4-25-20-11-7-8-17(12-20)13-21-14-18-9-5-6-10-19(18)15-26(23,24)22-16(2)3/h5-12,16,21-22H,4,13-15H2,1-3H3. The molecule has 26 heavy (non-hydrogen) atoms. The number of benzene rings is 2. The molecule has 2 N–H and O–H groups in total. The molecule has 0 aliphatic heterocycles. The predicted molar refractivity (Wildman–Crippen MR) is 105 cm³/mol. The third kappa shape index (κ3) is 6.78. The van der Waals surface area contributed by atoms with E-state index >= 15 is 0 Å². The molecule has 5 nitrogen and oxygen atoms in total. The molecule has 0 aliphatic rings. The normalized spacial score (nSPS) is 11.7. The summed E-state index contributed by atoms with van der Waals surface area (Å²) in [5.74, 6) is 0.848. The summed E-state index contributed by atoms with van der Waals surface area (Å²) in [4.78, 5) is 0. The molecule has 0 amide bonds. The van der Waals surface area contributed by atoms with E-state index in [0.29, 0.717) is 19.7 Å². The maximum Gasteiger partial charge on any atom is 0.216 e. The molecule has 0 aliphatic carbocycles. The number of nitrogens with one attached hydrogen (secondary N) is 2. The lowest BCUT2D eigenvalue weighted by molar-refractivity contribution is 0.340. The Morgan fingerprint density at radius 2 is 1.73 bits per heavy atom. The number of hydrogen-bond acceptors (Lipinski definition) is 4. The van der Waals surface area contributed by atoms with Crippen LogP contribution in [0.4, 0.5) is 0 Å². The Labute approximate surface area is 156 Å². The molecule has 0 aromatic heterocycles. The van der Waals surface area contributed by atoms with Crippen molar-refractivity contribution in [2.45, 2.75) is 45.7 Å². The highest BCUT2D eigenvalue weighted by molar-refractivity contribution is 7.88. The highest BCUT2D eigenvalue weighted by Crippen LogP contribution is 2.15. The fraction of sp³-hybridized carbons (Fsp3) is 0.400. The zero-order valence-corrected chi connectivity index (χ0v) is 16.5. The van der Waals surface area contributed by atoms with E-state index in [2.05, 4.69) is 10.0 Å². The summed E-state index contributed by atoms with van der Waals surface area (Å²) in [6, 6.07) is 15.5. The highest BCUT2D eigenvalue weighted by Gasteiger charge is 2.15. The summed E-state index contributed by atoms with van der Waals surface area (Å²) in [6.07, 6.45) is 0. The van der Waals surface area contributed by atoms with Gasteiger partial charge in [-0.25, -0.2) is 13.1 Å². The van der Waals surface area contributed by atoms with Crippen LogP contribution in [0.2, 0.25) is 0 Å². The van der Waals surface area contributed by atoms with Gasteiger partial charge in [-0.1, -0.05) is 36.4 Å². The minimum atomic E-state index is -3.34. The third-order valence-electron chi connectivity index (χ3n) is 3.73. The molecule has 2 rings (SSSR count). The summed E-state index contributed by atoms with van der Waals surface area (Å²) in [6.45, 7) is 7.54. The second kappa shape index (κ2) is 9.71. The van der Waals surface area contributed by atoms with Crippen molar-refractivity contribution in [3.8, 4) is 5.75 Å². The van der Waals surface area contributed by atoms with Gasteiger partial charge in [0.05, 0.1) is 12.4 Å². The topological polar surface area (TPSA) is 67.4 Å². The van der Waals surface area contributed by atoms with Crippen molar-refractivity contribution in [3.05, 3.63) is 65.2 Å². The van der Waals surface area contributed by atoms with Crippen LogP contribution in [0.25, 0.3) is 0 Å². The summed E-state index contributed by atoms with van der Waals surface area (Å²) >= 11 is 0. The van der Waals surface area contributed by atoms with Gasteiger partial charge < -0.3 is 10.1 Å². The molecule has 0 heterocycles. The first kappa shape index (κ1) is 20.4. The molecule has 0 fully saturated rings. The van der Waals surface area contributed by atoms with Gasteiger partial charge in [-0.05, 0) is 49.6 Å². The van der Waals surface area contributed by atoms with Crippen molar-refractivity contribution in [2.75, 3.05) is 6.61 Å². The lowest BCUT2D eigenvalue weighted by Crippen LogP contribution is -2.31. The quantitative estimate of drug-likeness (QED) is 0.668. The van der Waals surface area contributed by atoms with Crippen LogP contribution in [0.3, 0.4) is 0 Å². The van der Waals surface area contributed by atoms with Gasteiger partial charge in [0, 0.05) is 19.1 Å². The molecule has 6 heteroatoms. The first-order valence-corrected chi connectivity index (χ1v) is 10.5. The largest absolute Gasteiger partial charge is 0.494 e. The van der Waals surface area contributed by atoms with Crippen molar-refractivity contribution in [1.82, 2.24) is 10.0 Å². The van der Waals surface area contributed by atoms with Gasteiger partial charge in [0.2, 0.25) is 10.0 Å². The molecule has 2 aromatic rings. The molecular weight excluding hydrogens is 348 g/mol. The molecule has 142 valence electrons. The Balaban J connectivity index is 1.99. The Hall–Kier alpha value is -1.89. The maximum atomic E-state index is 12.2. The van der Waals surface area contributed by atoms with Crippen molar-refractivity contribution in [2.24, 2.45) is 0 Å². The van der Waals surface area contributed by atoms with Gasteiger partial charge in [-0.2, -0.15) is 0 Å². The summed E-state index contributed by atoms with van der Waals surface area (Å²) in [5, 5.41) is 3.38. The number of hydrogen-bond donors (Lipinski definition) is 2. The van der Waals surface area contributed by atoms with Crippen LogP contribution in [-0.2, 0) is 28.9 Å². The smallest absolute Gasteiger partial charge is 0.216 e. The Kier molecular flexibility index (Phi) is 7.63. The van der Waals surface area contributed by atoms with Gasteiger partial charge >= 0.3 is 0 Å². The van der Waals surface area contributed by atoms with Crippen molar-refractivity contribution in [1.29, 1.82) is 0 Å². The van der Waals surface area contributed by atoms with Crippen LogP contribution in [0.15, 0.2) is 48.5 Å². The third-order valence-corrected chi connectivity index (χ3v) is 5.25. The highest BCUT2D eigenvalue weighted by atomic mass is 32.2. The lowest BCUT2D eigenvalue weighted by atomic mass is 10.1. The maximum absolute atomic E-state index is 12.2. The van der Waals surface area contributed by atoms with Gasteiger partial charge in [0.1, 0.15) is 5.75 Å². The molecule has 2 aromatic carbocycles. The molecule has 0 saturated heterocycles. The van der Waals surface area contributed by atoms with Gasteiger partial charge in [-0.3, -0.25) is 0 Å². The fourth-order valence-corrected chi connectivity index (χ4v) is 4.22. The van der Waals surface area contributed by atoms with Crippen LogP contribution in [0.5, 0.6) is 5.75 Å². The summed E-state index contributed by atoms with van der Waals surface area (Å²) in [7, 11) is -3.34. The van der Waals surface area contributed by atoms with Gasteiger partial charge in [0.25, 0.3) is 0 Å². The number of sulfonamides is 1. The van der Waals surface area contributed by atoms with Gasteiger partial charge in [-0.15, -0.1) is 0 Å². The number of ether oxygens (including phenoxy) is 1. The molecule has 0 spiro atoms. The Morgan fingerprint density at radius 3 is 2.42 bits per heavy atom. The second-order valence-electron chi connectivity index (χ2n) is 6.48. The molecule has 0 radical (unpaired) electrons. The zero-order valence-electron chi connectivity index (χ0n) is 15.7. The second-order valence-corrected chi connectivity index (χ2v) is 8.24. The fourth-order valence-electron chi connectivity index (χ4n) is 2.73. The molecule has 0 atom stereocenters. The molecule has 0 unspecified atom stereocenters. The number of rotatable bonds is 10. The average molecular weight is 377 g/mol. The predicted octanol–water partition coefficient (Wildman–Crippen LogP) is 3.20. The first-order chi connectivity index (χ1) is 12.4. The Bertz CT molecular complexity index is 804. The average Bonchev–Trinajstić information content (AvgIpc) is 2.55. The van der Waals surface area contributed by atoms with Crippen LogP contribution in [-0.4, -0.2) is 21.1 Å². The monoisotopic (exact) mass is 376 g/mol. The molecular formula is C20H28N2O3S. The lowest BCUT2D eigenvalue weighted by Gasteiger charge is -2.13. The van der Waals surface area contributed by atoms with E-state index in [4.69, 9.17) is 4.74 Å². The van der Waals surface area contributed by atoms with Crippen molar-refractivity contribution in [3.63, 3.8) is 0 Å². The van der Waals surface area contributed by atoms with E-state index < -0.39 is 10.0 Å². The molecule has 0 saturated carbocycles.